The first-order valence-corrected chi connectivity index (χ1v) is 11.2. The van der Waals surface area contributed by atoms with Crippen LogP contribution < -0.4 is 5.32 Å². The monoisotopic (exact) mass is 504 g/mol. The Morgan fingerprint density at radius 3 is 2.57 bits per heavy atom. The fourth-order valence-corrected chi connectivity index (χ4v) is 3.99. The summed E-state index contributed by atoms with van der Waals surface area (Å²) in [6.45, 7) is 3.60. The number of aryl methyl sites for hydroxylation is 1. The number of hydrogen-bond acceptors (Lipinski definition) is 7. The van der Waals surface area contributed by atoms with E-state index in [1.807, 2.05) is 13.0 Å². The maximum Gasteiger partial charge on any atom is 0.416 e. The third-order valence-electron chi connectivity index (χ3n) is 5.06. The van der Waals surface area contributed by atoms with Crippen LogP contribution in [0.4, 0.5) is 13.2 Å². The Morgan fingerprint density at radius 2 is 1.89 bits per heavy atom. The molecule has 1 heterocycles. The van der Waals surface area contributed by atoms with E-state index in [1.165, 1.54) is 20.2 Å². The second-order valence-electron chi connectivity index (χ2n) is 7.41. The number of carbonyl (C=O) groups excluding carboxylic acids is 1. The van der Waals surface area contributed by atoms with Gasteiger partial charge in [-0.25, -0.2) is 0 Å². The van der Waals surface area contributed by atoms with Gasteiger partial charge in [-0.3, -0.25) is 4.79 Å². The van der Waals surface area contributed by atoms with Gasteiger partial charge in [0.05, 0.1) is 10.4 Å². The Labute approximate surface area is 204 Å². The molecule has 0 spiro atoms. The van der Waals surface area contributed by atoms with E-state index in [1.54, 1.807) is 31.2 Å². The molecule has 0 unspecified atom stereocenters. The van der Waals surface area contributed by atoms with E-state index in [2.05, 4.69) is 20.0 Å². The number of hydrogen-bond donors (Lipinski definition) is 1. The van der Waals surface area contributed by atoms with E-state index < -0.39 is 17.6 Å². The maximum absolute atomic E-state index is 13.0. The minimum atomic E-state index is -4.42. The van der Waals surface area contributed by atoms with Gasteiger partial charge in [-0.2, -0.15) is 17.5 Å². The molecule has 0 aliphatic rings. The SMILES string of the molecule is CNC(=O)/C(=N/OC)c1cccc(C)c1CO/N=C(\C)c1cc(-c2cccc(C(F)(F)F)c2)sn1. The number of alkyl halides is 3. The van der Waals surface area contributed by atoms with Gasteiger partial charge in [-0.1, -0.05) is 40.6 Å². The van der Waals surface area contributed by atoms with Crippen LogP contribution in [0.1, 0.15) is 34.9 Å². The summed E-state index contributed by atoms with van der Waals surface area (Å²) in [7, 11) is 2.85. The minimum Gasteiger partial charge on any atom is -0.398 e. The predicted octanol–water partition coefficient (Wildman–Crippen LogP) is 5.17. The molecule has 0 aliphatic heterocycles. The molecule has 7 nitrogen and oxygen atoms in total. The van der Waals surface area contributed by atoms with Crippen molar-refractivity contribution in [1.82, 2.24) is 9.69 Å². The summed E-state index contributed by atoms with van der Waals surface area (Å²) in [5.74, 6) is -0.414. The Kier molecular flexibility index (Phi) is 8.23. The molecule has 2 aromatic carbocycles. The number of likely N-dealkylation sites (N-methyl/N-ethyl adjacent to an activating group) is 1. The Bertz CT molecular complexity index is 1270. The second kappa shape index (κ2) is 11.1. The fraction of sp³-hybridized carbons (Fsp3) is 0.250. The zero-order valence-electron chi connectivity index (χ0n) is 19.4. The number of aromatic nitrogens is 1. The lowest BCUT2D eigenvalue weighted by atomic mass is 9.98. The Hall–Kier alpha value is -3.73. The average Bonchev–Trinajstić information content (AvgIpc) is 3.33. The molecule has 1 N–H and O–H groups in total. The first kappa shape index (κ1) is 25.9. The van der Waals surface area contributed by atoms with Crippen molar-refractivity contribution in [2.45, 2.75) is 26.6 Å². The quantitative estimate of drug-likeness (QED) is 0.339. The zero-order chi connectivity index (χ0) is 25.6. The highest BCUT2D eigenvalue weighted by Crippen LogP contribution is 2.33. The summed E-state index contributed by atoms with van der Waals surface area (Å²) in [5.41, 5.74) is 2.84. The number of benzene rings is 2. The van der Waals surface area contributed by atoms with Crippen molar-refractivity contribution in [2.75, 3.05) is 14.2 Å². The first-order valence-electron chi connectivity index (χ1n) is 10.4. The number of rotatable bonds is 8. The molecule has 0 saturated heterocycles. The highest BCUT2D eigenvalue weighted by molar-refractivity contribution is 7.09. The molecule has 0 bridgehead atoms. The van der Waals surface area contributed by atoms with Crippen molar-refractivity contribution < 1.29 is 27.6 Å². The number of carbonyl (C=O) groups is 1. The summed E-state index contributed by atoms with van der Waals surface area (Å²) >= 11 is 1.07. The molecular formula is C24H23F3N4O3S. The molecule has 184 valence electrons. The van der Waals surface area contributed by atoms with Crippen molar-refractivity contribution in [2.24, 2.45) is 10.3 Å². The number of nitrogens with one attached hydrogen (secondary N) is 1. The van der Waals surface area contributed by atoms with E-state index in [9.17, 15) is 18.0 Å². The van der Waals surface area contributed by atoms with E-state index >= 15 is 0 Å². The van der Waals surface area contributed by atoms with E-state index in [-0.39, 0.29) is 12.3 Å². The predicted molar refractivity (Wildman–Crippen MR) is 128 cm³/mol. The number of nitrogens with zero attached hydrogens (tertiary/aromatic N) is 3. The lowest BCUT2D eigenvalue weighted by molar-refractivity contribution is -0.137. The molecular weight excluding hydrogens is 481 g/mol. The van der Waals surface area contributed by atoms with Gasteiger partial charge in [0.1, 0.15) is 25.1 Å². The van der Waals surface area contributed by atoms with Crippen molar-refractivity contribution in [3.63, 3.8) is 0 Å². The lowest BCUT2D eigenvalue weighted by Crippen LogP contribution is -2.29. The summed E-state index contributed by atoms with van der Waals surface area (Å²) in [6.07, 6.45) is -4.42. The van der Waals surface area contributed by atoms with Gasteiger partial charge in [0.2, 0.25) is 0 Å². The highest BCUT2D eigenvalue weighted by atomic mass is 32.1. The summed E-state index contributed by atoms with van der Waals surface area (Å²) in [6, 6.07) is 12.1. The van der Waals surface area contributed by atoms with Crippen LogP contribution in [0, 0.1) is 6.92 Å². The minimum absolute atomic E-state index is 0.0453. The molecule has 3 rings (SSSR count). The largest absolute Gasteiger partial charge is 0.416 e. The second-order valence-corrected chi connectivity index (χ2v) is 8.21. The zero-order valence-corrected chi connectivity index (χ0v) is 20.3. The molecule has 0 saturated carbocycles. The molecule has 0 fully saturated rings. The molecule has 0 atom stereocenters. The molecule has 0 aliphatic carbocycles. The van der Waals surface area contributed by atoms with Crippen LogP contribution in [0.2, 0.25) is 0 Å². The Morgan fingerprint density at radius 1 is 1.14 bits per heavy atom. The van der Waals surface area contributed by atoms with Gasteiger partial charge in [-0.05, 0) is 54.7 Å². The first-order chi connectivity index (χ1) is 16.7. The molecule has 11 heteroatoms. The summed E-state index contributed by atoms with van der Waals surface area (Å²) in [4.78, 5) is 23.2. The third kappa shape index (κ3) is 6.24. The smallest absolute Gasteiger partial charge is 0.398 e. The van der Waals surface area contributed by atoms with Crippen LogP contribution in [-0.4, -0.2) is 35.9 Å². The van der Waals surface area contributed by atoms with Gasteiger partial charge >= 0.3 is 6.18 Å². The Balaban J connectivity index is 1.80. The molecule has 1 amide bonds. The van der Waals surface area contributed by atoms with Crippen molar-refractivity contribution in [1.29, 1.82) is 0 Å². The normalized spacial score (nSPS) is 12.4. The average molecular weight is 505 g/mol. The van der Waals surface area contributed by atoms with Crippen molar-refractivity contribution in [3.05, 3.63) is 76.5 Å². The molecule has 1 aromatic heterocycles. The standard InChI is InChI=1S/C24H23F3N4O3S/c1-14-7-5-10-18(22(30-33-4)23(32)28-3)19(14)13-34-29-15(2)20-12-21(35-31-20)16-8-6-9-17(11-16)24(25,26)27/h5-12H,13H2,1-4H3,(H,28,32)/b29-15+,30-22+. The maximum atomic E-state index is 13.0. The van der Waals surface area contributed by atoms with Crippen molar-refractivity contribution >= 4 is 28.9 Å². The third-order valence-corrected chi connectivity index (χ3v) is 5.89. The van der Waals surface area contributed by atoms with E-state index in [4.69, 9.17) is 9.68 Å². The van der Waals surface area contributed by atoms with Crippen LogP contribution in [-0.2, 0) is 27.3 Å². The van der Waals surface area contributed by atoms with Crippen LogP contribution in [0.3, 0.4) is 0 Å². The number of halogens is 3. The summed E-state index contributed by atoms with van der Waals surface area (Å²) < 4.78 is 43.4. The van der Waals surface area contributed by atoms with Crippen molar-refractivity contribution in [3.8, 4) is 10.4 Å². The highest BCUT2D eigenvalue weighted by Gasteiger charge is 2.30. The molecule has 3 aromatic rings. The molecule has 0 radical (unpaired) electrons. The molecule has 35 heavy (non-hydrogen) atoms. The van der Waals surface area contributed by atoms with Crippen LogP contribution >= 0.6 is 11.5 Å². The van der Waals surface area contributed by atoms with Gasteiger partial charge in [0.25, 0.3) is 5.91 Å². The van der Waals surface area contributed by atoms with Gasteiger partial charge in [0.15, 0.2) is 5.71 Å². The number of oxime groups is 2. The topological polar surface area (TPSA) is 85.2 Å². The van der Waals surface area contributed by atoms with E-state index in [0.29, 0.717) is 33.0 Å². The van der Waals surface area contributed by atoms with Gasteiger partial charge in [0, 0.05) is 18.2 Å². The van der Waals surface area contributed by atoms with Crippen LogP contribution in [0.5, 0.6) is 0 Å². The van der Waals surface area contributed by atoms with Gasteiger partial charge in [-0.15, -0.1) is 0 Å². The fourth-order valence-electron chi connectivity index (χ4n) is 3.21. The van der Waals surface area contributed by atoms with Crippen LogP contribution in [0.15, 0.2) is 58.8 Å². The van der Waals surface area contributed by atoms with E-state index in [0.717, 1.165) is 29.2 Å². The summed E-state index contributed by atoms with van der Waals surface area (Å²) in [5, 5.41) is 10.5. The van der Waals surface area contributed by atoms with Gasteiger partial charge < -0.3 is 15.0 Å². The lowest BCUT2D eigenvalue weighted by Gasteiger charge is -2.12. The number of amides is 1. The van der Waals surface area contributed by atoms with Crippen LogP contribution in [0.25, 0.3) is 10.4 Å².